The number of hydrogen-bond acceptors (Lipinski definition) is 5. The van der Waals surface area contributed by atoms with Gasteiger partial charge in [0.25, 0.3) is 0 Å². The van der Waals surface area contributed by atoms with Crippen LogP contribution < -0.4 is 11.3 Å². The minimum Gasteiger partial charge on any atom is -0.377 e. The SMILES string of the molecule is COC1(C(Cc2ncnn2C)NN)CCC1. The summed E-state index contributed by atoms with van der Waals surface area (Å²) in [6, 6.07) is 0.0918. The lowest BCUT2D eigenvalue weighted by molar-refractivity contribution is -0.0986. The molecular weight excluding hydrogens is 206 g/mol. The molecule has 0 spiro atoms. The van der Waals surface area contributed by atoms with E-state index in [-0.39, 0.29) is 11.6 Å². The van der Waals surface area contributed by atoms with Crippen LogP contribution >= 0.6 is 0 Å². The van der Waals surface area contributed by atoms with Crippen LogP contribution in [0, 0.1) is 0 Å². The standard InChI is InChI=1S/C10H19N5O/c1-15-9(12-7-13-15)6-8(14-11)10(16-2)4-3-5-10/h7-8,14H,3-6,11H2,1-2H3. The summed E-state index contributed by atoms with van der Waals surface area (Å²) in [6.07, 6.45) is 5.60. The summed E-state index contributed by atoms with van der Waals surface area (Å²) in [5.74, 6) is 6.55. The lowest BCUT2D eigenvalue weighted by Crippen LogP contribution is -2.59. The molecule has 3 N–H and O–H groups in total. The van der Waals surface area contributed by atoms with Crippen LogP contribution in [0.25, 0.3) is 0 Å². The molecule has 0 aromatic carbocycles. The minimum atomic E-state index is -0.124. The number of hydrazine groups is 1. The summed E-state index contributed by atoms with van der Waals surface area (Å²) in [7, 11) is 3.64. The van der Waals surface area contributed by atoms with Crippen LogP contribution in [0.1, 0.15) is 25.1 Å². The largest absolute Gasteiger partial charge is 0.377 e. The van der Waals surface area contributed by atoms with Gasteiger partial charge >= 0.3 is 0 Å². The van der Waals surface area contributed by atoms with Crippen molar-refractivity contribution in [2.45, 2.75) is 37.3 Å². The van der Waals surface area contributed by atoms with Crippen molar-refractivity contribution in [1.82, 2.24) is 20.2 Å². The van der Waals surface area contributed by atoms with Gasteiger partial charge in [0.15, 0.2) is 0 Å². The zero-order chi connectivity index (χ0) is 11.6. The maximum atomic E-state index is 5.62. The first-order chi connectivity index (χ1) is 7.72. The highest BCUT2D eigenvalue weighted by atomic mass is 16.5. The highest BCUT2D eigenvalue weighted by molar-refractivity contribution is 5.03. The number of nitrogens with zero attached hydrogens (tertiary/aromatic N) is 3. The molecule has 0 bridgehead atoms. The van der Waals surface area contributed by atoms with Crippen molar-refractivity contribution >= 4 is 0 Å². The lowest BCUT2D eigenvalue weighted by Gasteiger charge is -2.46. The van der Waals surface area contributed by atoms with Crippen molar-refractivity contribution in [2.24, 2.45) is 12.9 Å². The summed E-state index contributed by atoms with van der Waals surface area (Å²) in [6.45, 7) is 0. The van der Waals surface area contributed by atoms with Crippen LogP contribution in [-0.2, 0) is 18.2 Å². The summed E-state index contributed by atoms with van der Waals surface area (Å²) in [5, 5.41) is 4.05. The molecule has 6 nitrogen and oxygen atoms in total. The monoisotopic (exact) mass is 225 g/mol. The van der Waals surface area contributed by atoms with Crippen molar-refractivity contribution < 1.29 is 4.74 Å². The van der Waals surface area contributed by atoms with E-state index in [9.17, 15) is 0 Å². The van der Waals surface area contributed by atoms with Crippen LogP contribution in [-0.4, -0.2) is 33.5 Å². The van der Waals surface area contributed by atoms with Gasteiger partial charge in [-0.3, -0.25) is 16.0 Å². The van der Waals surface area contributed by atoms with Gasteiger partial charge < -0.3 is 4.74 Å². The second-order valence-corrected chi connectivity index (χ2v) is 4.35. The maximum absolute atomic E-state index is 5.62. The van der Waals surface area contributed by atoms with Crippen LogP contribution in [0.2, 0.25) is 0 Å². The molecule has 0 saturated heterocycles. The van der Waals surface area contributed by atoms with E-state index in [1.165, 1.54) is 6.42 Å². The van der Waals surface area contributed by atoms with Crippen molar-refractivity contribution in [3.05, 3.63) is 12.2 Å². The Balaban J connectivity index is 2.08. The zero-order valence-corrected chi connectivity index (χ0v) is 9.81. The van der Waals surface area contributed by atoms with E-state index in [4.69, 9.17) is 10.6 Å². The Morgan fingerprint density at radius 1 is 1.69 bits per heavy atom. The first-order valence-corrected chi connectivity index (χ1v) is 5.56. The highest BCUT2D eigenvalue weighted by Gasteiger charge is 2.44. The van der Waals surface area contributed by atoms with Gasteiger partial charge in [0.05, 0.1) is 11.6 Å². The van der Waals surface area contributed by atoms with Crippen molar-refractivity contribution in [3.8, 4) is 0 Å². The van der Waals surface area contributed by atoms with E-state index in [0.29, 0.717) is 0 Å². The summed E-state index contributed by atoms with van der Waals surface area (Å²) in [4.78, 5) is 4.21. The third-order valence-corrected chi connectivity index (χ3v) is 3.63. The van der Waals surface area contributed by atoms with Gasteiger partial charge in [-0.05, 0) is 19.3 Å². The van der Waals surface area contributed by atoms with Gasteiger partial charge in [0.2, 0.25) is 0 Å². The maximum Gasteiger partial charge on any atom is 0.138 e. The Morgan fingerprint density at radius 3 is 2.81 bits per heavy atom. The second kappa shape index (κ2) is 4.48. The van der Waals surface area contributed by atoms with Crippen LogP contribution in [0.15, 0.2) is 6.33 Å². The minimum absolute atomic E-state index is 0.0918. The van der Waals surface area contributed by atoms with Gasteiger partial charge in [0, 0.05) is 20.6 Å². The van der Waals surface area contributed by atoms with E-state index < -0.39 is 0 Å². The average Bonchev–Trinajstić information content (AvgIpc) is 2.62. The molecule has 16 heavy (non-hydrogen) atoms. The molecule has 1 heterocycles. The molecule has 6 heteroatoms. The van der Waals surface area contributed by atoms with Gasteiger partial charge in [-0.25, -0.2) is 4.98 Å². The summed E-state index contributed by atoms with van der Waals surface area (Å²) < 4.78 is 7.39. The van der Waals surface area contributed by atoms with Crippen molar-refractivity contribution in [3.63, 3.8) is 0 Å². The molecular formula is C10H19N5O. The van der Waals surface area contributed by atoms with Gasteiger partial charge in [-0.2, -0.15) is 5.10 Å². The smallest absolute Gasteiger partial charge is 0.138 e. The van der Waals surface area contributed by atoms with E-state index in [0.717, 1.165) is 25.1 Å². The number of methoxy groups -OCH3 is 1. The third-order valence-electron chi connectivity index (χ3n) is 3.63. The molecule has 1 unspecified atom stereocenters. The first kappa shape index (κ1) is 11.5. The Labute approximate surface area is 95.1 Å². The molecule has 1 aliphatic carbocycles. The highest BCUT2D eigenvalue weighted by Crippen LogP contribution is 2.38. The fraction of sp³-hybridized carbons (Fsp3) is 0.800. The fourth-order valence-corrected chi connectivity index (χ4v) is 2.30. The molecule has 1 saturated carbocycles. The van der Waals surface area contributed by atoms with Gasteiger partial charge in [-0.15, -0.1) is 0 Å². The molecule has 2 rings (SSSR count). The summed E-state index contributed by atoms with van der Waals surface area (Å²) in [5.41, 5.74) is 2.73. The van der Waals surface area contributed by atoms with E-state index in [1.807, 2.05) is 7.05 Å². The second-order valence-electron chi connectivity index (χ2n) is 4.35. The quantitative estimate of drug-likeness (QED) is 0.534. The zero-order valence-electron chi connectivity index (χ0n) is 9.81. The molecule has 1 aromatic heterocycles. The van der Waals surface area contributed by atoms with Crippen LogP contribution in [0.4, 0.5) is 0 Å². The number of ether oxygens (including phenoxy) is 1. The topological polar surface area (TPSA) is 78.0 Å². The molecule has 90 valence electrons. The number of aromatic nitrogens is 3. The Kier molecular flexibility index (Phi) is 3.22. The fourth-order valence-electron chi connectivity index (χ4n) is 2.30. The van der Waals surface area contributed by atoms with Crippen LogP contribution in [0.3, 0.4) is 0 Å². The average molecular weight is 225 g/mol. The molecule has 0 aliphatic heterocycles. The lowest BCUT2D eigenvalue weighted by atomic mass is 9.73. The molecule has 1 atom stereocenters. The Hall–Kier alpha value is -0.980. The molecule has 1 aromatic rings. The van der Waals surface area contributed by atoms with Gasteiger partial charge in [-0.1, -0.05) is 0 Å². The van der Waals surface area contributed by atoms with Gasteiger partial charge in [0.1, 0.15) is 12.2 Å². The number of nitrogens with one attached hydrogen (secondary N) is 1. The Morgan fingerprint density at radius 2 is 2.44 bits per heavy atom. The molecule has 1 aliphatic rings. The number of aryl methyl sites for hydroxylation is 1. The summed E-state index contributed by atoms with van der Waals surface area (Å²) >= 11 is 0. The van der Waals surface area contributed by atoms with E-state index in [1.54, 1.807) is 18.1 Å². The van der Waals surface area contributed by atoms with Crippen molar-refractivity contribution in [2.75, 3.05) is 7.11 Å². The normalized spacial score (nSPS) is 20.4. The number of nitrogens with two attached hydrogens (primary N) is 1. The molecule has 0 radical (unpaired) electrons. The van der Waals surface area contributed by atoms with E-state index in [2.05, 4.69) is 15.5 Å². The first-order valence-electron chi connectivity index (χ1n) is 5.56. The Bertz CT molecular complexity index is 341. The number of rotatable bonds is 5. The van der Waals surface area contributed by atoms with Crippen molar-refractivity contribution in [1.29, 1.82) is 0 Å². The third kappa shape index (κ3) is 1.83. The van der Waals surface area contributed by atoms with E-state index >= 15 is 0 Å². The van der Waals surface area contributed by atoms with Crippen LogP contribution in [0.5, 0.6) is 0 Å². The molecule has 1 fully saturated rings. The predicted molar refractivity (Wildman–Crippen MR) is 59.4 cm³/mol. The number of hydrogen-bond donors (Lipinski definition) is 2. The molecule has 0 amide bonds. The predicted octanol–water partition coefficient (Wildman–Crippen LogP) is -0.241.